The quantitative estimate of drug-likeness (QED) is 0.359. The fourth-order valence-electron chi connectivity index (χ4n) is 1.19. The standard InChI is InChI=1S/C10H20O6/c1-6(12)9(3,15)7(13)10(4,16)8(2,14)5-11/h5-7,12-16H,1-4H3/t6?,7-,8+,9-,10+/m1/s1. The van der Waals surface area contributed by atoms with Gasteiger partial charge in [-0.3, -0.25) is 0 Å². The summed E-state index contributed by atoms with van der Waals surface area (Å²) in [7, 11) is 0. The number of carbonyl (C=O) groups is 1. The molecule has 96 valence electrons. The largest absolute Gasteiger partial charge is 0.390 e. The highest BCUT2D eigenvalue weighted by Crippen LogP contribution is 2.31. The average Bonchev–Trinajstić information content (AvgIpc) is 2.15. The van der Waals surface area contributed by atoms with E-state index in [1.807, 2.05) is 0 Å². The number of aliphatic hydroxyl groups excluding tert-OH is 2. The molecular weight excluding hydrogens is 216 g/mol. The lowest BCUT2D eigenvalue weighted by molar-refractivity contribution is -0.237. The lowest BCUT2D eigenvalue weighted by Crippen LogP contribution is -2.67. The van der Waals surface area contributed by atoms with Crippen molar-refractivity contribution < 1.29 is 30.3 Å². The van der Waals surface area contributed by atoms with Crippen molar-refractivity contribution in [3.63, 3.8) is 0 Å². The number of aldehydes is 1. The predicted molar refractivity (Wildman–Crippen MR) is 55.6 cm³/mol. The van der Waals surface area contributed by atoms with Gasteiger partial charge in [0.25, 0.3) is 0 Å². The van der Waals surface area contributed by atoms with Crippen LogP contribution in [0.4, 0.5) is 0 Å². The summed E-state index contributed by atoms with van der Waals surface area (Å²) in [5, 5.41) is 48.3. The summed E-state index contributed by atoms with van der Waals surface area (Å²) in [5.41, 5.74) is -6.60. The molecule has 5 N–H and O–H groups in total. The maximum Gasteiger partial charge on any atom is 0.154 e. The van der Waals surface area contributed by atoms with E-state index in [4.69, 9.17) is 0 Å². The van der Waals surface area contributed by atoms with E-state index >= 15 is 0 Å². The molecule has 0 bridgehead atoms. The number of aliphatic hydroxyl groups is 5. The van der Waals surface area contributed by atoms with Crippen molar-refractivity contribution in [2.45, 2.75) is 56.7 Å². The number of hydrogen-bond acceptors (Lipinski definition) is 6. The molecule has 0 heterocycles. The molecule has 0 amide bonds. The highest BCUT2D eigenvalue weighted by Gasteiger charge is 2.55. The molecule has 0 saturated carbocycles. The van der Waals surface area contributed by atoms with Crippen LogP contribution in [-0.4, -0.2) is 60.8 Å². The van der Waals surface area contributed by atoms with Gasteiger partial charge < -0.3 is 30.3 Å². The number of carbonyl (C=O) groups excluding carboxylic acids is 1. The molecule has 16 heavy (non-hydrogen) atoms. The summed E-state index contributed by atoms with van der Waals surface area (Å²) in [5.74, 6) is 0. The zero-order valence-electron chi connectivity index (χ0n) is 9.88. The molecule has 1 unspecified atom stereocenters. The monoisotopic (exact) mass is 236 g/mol. The fraction of sp³-hybridized carbons (Fsp3) is 0.900. The van der Waals surface area contributed by atoms with Crippen molar-refractivity contribution in [1.82, 2.24) is 0 Å². The molecule has 0 saturated heterocycles. The van der Waals surface area contributed by atoms with Crippen molar-refractivity contribution in [1.29, 1.82) is 0 Å². The molecule has 0 rings (SSSR count). The van der Waals surface area contributed by atoms with E-state index in [-0.39, 0.29) is 6.29 Å². The predicted octanol–water partition coefficient (Wildman–Crippen LogP) is -1.82. The van der Waals surface area contributed by atoms with E-state index in [9.17, 15) is 30.3 Å². The Balaban J connectivity index is 5.26. The van der Waals surface area contributed by atoms with E-state index < -0.39 is 29.0 Å². The number of rotatable bonds is 5. The topological polar surface area (TPSA) is 118 Å². The molecule has 0 aromatic carbocycles. The molecule has 0 aromatic rings. The summed E-state index contributed by atoms with van der Waals surface area (Å²) in [6, 6.07) is 0. The minimum atomic E-state index is -2.30. The zero-order valence-corrected chi connectivity index (χ0v) is 9.88. The first-order chi connectivity index (χ1) is 6.91. The minimum absolute atomic E-state index is 0.0638. The first-order valence-corrected chi connectivity index (χ1v) is 4.90. The Bertz CT molecular complexity index is 256. The SMILES string of the molecule is CC(O)[C@@](C)(O)[C@@H](O)[C@](C)(O)[C@@](C)(O)C=O. The third-order valence-electron chi connectivity index (χ3n) is 3.19. The van der Waals surface area contributed by atoms with Crippen molar-refractivity contribution in [3.05, 3.63) is 0 Å². The molecule has 6 heteroatoms. The van der Waals surface area contributed by atoms with Crippen LogP contribution in [0, 0.1) is 0 Å². The van der Waals surface area contributed by atoms with Gasteiger partial charge in [-0.25, -0.2) is 0 Å². The van der Waals surface area contributed by atoms with Crippen LogP contribution < -0.4 is 0 Å². The van der Waals surface area contributed by atoms with Gasteiger partial charge in [-0.15, -0.1) is 0 Å². The molecule has 0 aliphatic rings. The molecule has 0 spiro atoms. The van der Waals surface area contributed by atoms with Crippen molar-refractivity contribution >= 4 is 6.29 Å². The van der Waals surface area contributed by atoms with Crippen LogP contribution in [0.25, 0.3) is 0 Å². The lowest BCUT2D eigenvalue weighted by Gasteiger charge is -2.45. The highest BCUT2D eigenvalue weighted by molar-refractivity contribution is 5.64. The smallest absolute Gasteiger partial charge is 0.154 e. The van der Waals surface area contributed by atoms with Crippen LogP contribution in [-0.2, 0) is 4.79 Å². The van der Waals surface area contributed by atoms with Crippen molar-refractivity contribution in [2.75, 3.05) is 0 Å². The van der Waals surface area contributed by atoms with E-state index in [1.165, 1.54) is 6.92 Å². The Kier molecular flexibility index (Phi) is 4.24. The van der Waals surface area contributed by atoms with Gasteiger partial charge in [0.2, 0.25) is 0 Å². The Morgan fingerprint density at radius 1 is 1.06 bits per heavy atom. The molecule has 0 aliphatic carbocycles. The molecule has 0 aromatic heterocycles. The summed E-state index contributed by atoms with van der Waals surface area (Å²) >= 11 is 0. The zero-order chi connectivity index (χ0) is 13.4. The van der Waals surface area contributed by atoms with Crippen molar-refractivity contribution in [3.8, 4) is 0 Å². The third-order valence-corrected chi connectivity index (χ3v) is 3.19. The fourth-order valence-corrected chi connectivity index (χ4v) is 1.19. The second-order valence-corrected chi connectivity index (χ2v) is 4.72. The lowest BCUT2D eigenvalue weighted by atomic mass is 9.74. The van der Waals surface area contributed by atoms with Gasteiger partial charge >= 0.3 is 0 Å². The number of hydrogen-bond donors (Lipinski definition) is 5. The van der Waals surface area contributed by atoms with Crippen LogP contribution in [0.2, 0.25) is 0 Å². The van der Waals surface area contributed by atoms with Crippen LogP contribution in [0.1, 0.15) is 27.7 Å². The first kappa shape index (κ1) is 15.5. The Morgan fingerprint density at radius 2 is 1.44 bits per heavy atom. The second kappa shape index (κ2) is 4.38. The van der Waals surface area contributed by atoms with Gasteiger partial charge in [-0.05, 0) is 27.7 Å². The van der Waals surface area contributed by atoms with E-state index in [0.717, 1.165) is 20.8 Å². The van der Waals surface area contributed by atoms with Crippen LogP contribution in [0.15, 0.2) is 0 Å². The van der Waals surface area contributed by atoms with E-state index in [0.29, 0.717) is 0 Å². The average molecular weight is 236 g/mol. The first-order valence-electron chi connectivity index (χ1n) is 4.90. The van der Waals surface area contributed by atoms with Gasteiger partial charge in [0.1, 0.15) is 22.9 Å². The highest BCUT2D eigenvalue weighted by atomic mass is 16.4. The summed E-state index contributed by atoms with van der Waals surface area (Å²) in [4.78, 5) is 10.6. The Labute approximate surface area is 94.2 Å². The molecule has 0 fully saturated rings. The van der Waals surface area contributed by atoms with Crippen LogP contribution in [0.3, 0.4) is 0 Å². The van der Waals surface area contributed by atoms with Crippen LogP contribution >= 0.6 is 0 Å². The normalized spacial score (nSPS) is 27.1. The molecule has 0 radical (unpaired) electrons. The van der Waals surface area contributed by atoms with Gasteiger partial charge in [-0.1, -0.05) is 0 Å². The van der Waals surface area contributed by atoms with E-state index in [1.54, 1.807) is 0 Å². The summed E-state index contributed by atoms with van der Waals surface area (Å²) in [6.45, 7) is 4.32. The maximum absolute atomic E-state index is 10.6. The summed E-state index contributed by atoms with van der Waals surface area (Å²) in [6.07, 6.45) is -3.19. The Morgan fingerprint density at radius 3 is 1.69 bits per heavy atom. The Hall–Kier alpha value is -0.530. The summed E-state index contributed by atoms with van der Waals surface area (Å²) < 4.78 is 0. The van der Waals surface area contributed by atoms with Gasteiger partial charge in [0.15, 0.2) is 6.29 Å². The molecule has 0 aliphatic heterocycles. The minimum Gasteiger partial charge on any atom is -0.390 e. The van der Waals surface area contributed by atoms with Crippen LogP contribution in [0.5, 0.6) is 0 Å². The maximum atomic E-state index is 10.6. The van der Waals surface area contributed by atoms with Crippen molar-refractivity contribution in [2.24, 2.45) is 0 Å². The third kappa shape index (κ3) is 2.41. The second-order valence-electron chi connectivity index (χ2n) is 4.72. The van der Waals surface area contributed by atoms with Gasteiger partial charge in [0.05, 0.1) is 6.10 Å². The van der Waals surface area contributed by atoms with E-state index in [2.05, 4.69) is 0 Å². The van der Waals surface area contributed by atoms with Gasteiger partial charge in [0, 0.05) is 0 Å². The molecular formula is C10H20O6. The molecule has 6 nitrogen and oxygen atoms in total. The molecule has 5 atom stereocenters. The van der Waals surface area contributed by atoms with Gasteiger partial charge in [-0.2, -0.15) is 0 Å².